The van der Waals surface area contributed by atoms with Crippen LogP contribution in [0.2, 0.25) is 0 Å². The molecule has 0 N–H and O–H groups in total. The number of piperidine rings is 1. The van der Waals surface area contributed by atoms with Crippen molar-refractivity contribution >= 4 is 29.1 Å². The van der Waals surface area contributed by atoms with E-state index in [1.807, 2.05) is 0 Å². The second-order valence-corrected chi connectivity index (χ2v) is 11.5. The average Bonchev–Trinajstić information content (AvgIpc) is 3.32. The number of hydrogen-bond acceptors (Lipinski definition) is 8. The van der Waals surface area contributed by atoms with Crippen LogP contribution in [0.5, 0.6) is 11.5 Å². The molecule has 5 heterocycles. The Kier molecular flexibility index (Phi) is 6.41. The third-order valence-electron chi connectivity index (χ3n) is 9.18. The van der Waals surface area contributed by atoms with Crippen molar-refractivity contribution in [3.63, 3.8) is 0 Å². The molecular weight excluding hydrogens is 570 g/mol. The minimum Gasteiger partial charge on any atom is -0.493 e. The van der Waals surface area contributed by atoms with Crippen LogP contribution in [-0.4, -0.2) is 70.9 Å². The number of benzene rings is 2. The minimum absolute atomic E-state index is 0.0225. The second-order valence-electron chi connectivity index (χ2n) is 11.5. The molecule has 1 saturated heterocycles. The number of methoxy groups -OCH3 is 2. The van der Waals surface area contributed by atoms with Gasteiger partial charge in [-0.05, 0) is 36.6 Å². The van der Waals surface area contributed by atoms with E-state index >= 15 is 0 Å². The van der Waals surface area contributed by atoms with E-state index < -0.39 is 22.3 Å². The van der Waals surface area contributed by atoms with E-state index in [2.05, 4.69) is 0 Å². The van der Waals surface area contributed by atoms with Crippen molar-refractivity contribution < 1.29 is 28.8 Å². The Morgan fingerprint density at radius 2 is 1.77 bits per heavy atom. The third-order valence-corrected chi connectivity index (χ3v) is 9.18. The lowest BCUT2D eigenvalue weighted by Gasteiger charge is -2.43. The number of ether oxygens (including phenoxy) is 2. The lowest BCUT2D eigenvalue weighted by Crippen LogP contribution is -2.51. The topological polar surface area (TPSA) is 145 Å². The van der Waals surface area contributed by atoms with Crippen molar-refractivity contribution in [1.82, 2.24) is 14.4 Å². The van der Waals surface area contributed by atoms with E-state index in [0.717, 1.165) is 6.42 Å². The molecule has 0 aliphatic carbocycles. The number of nitro groups is 1. The van der Waals surface area contributed by atoms with Crippen LogP contribution in [0.3, 0.4) is 0 Å². The van der Waals surface area contributed by atoms with Gasteiger partial charge in [0, 0.05) is 55.8 Å². The number of rotatable bonds is 6. The van der Waals surface area contributed by atoms with E-state index in [1.165, 1.54) is 24.9 Å². The first-order chi connectivity index (χ1) is 21.2. The number of carbonyl (C=O) groups is 3. The van der Waals surface area contributed by atoms with Gasteiger partial charge in [0.15, 0.2) is 11.5 Å². The Morgan fingerprint density at radius 1 is 0.977 bits per heavy atom. The second kappa shape index (κ2) is 10.2. The number of hydrogen-bond donors (Lipinski definition) is 0. The molecule has 3 amide bonds. The summed E-state index contributed by atoms with van der Waals surface area (Å²) in [6, 6.07) is 13.2. The SMILES string of the molecule is COc1ccc2c(c1OC)C(=O)N1c3ccccc3C(=O)N(CCC(=O)N3C[C@H]4C[C@@H](C3)c3ccc([N+](=O)[O-])c(=O)n3C4)[C@@H]21. The quantitative estimate of drug-likeness (QED) is 0.311. The number of aromatic nitrogens is 1. The van der Waals surface area contributed by atoms with Crippen molar-refractivity contribution in [3.05, 3.63) is 91.4 Å². The molecule has 13 heteroatoms. The number of nitrogens with zero attached hydrogens (tertiary/aromatic N) is 5. The van der Waals surface area contributed by atoms with Gasteiger partial charge in [0.05, 0.1) is 36.0 Å². The largest absolute Gasteiger partial charge is 0.493 e. The Balaban J connectivity index is 1.16. The Morgan fingerprint density at radius 3 is 2.52 bits per heavy atom. The first kappa shape index (κ1) is 27.6. The highest BCUT2D eigenvalue weighted by molar-refractivity contribution is 6.18. The number of anilines is 1. The lowest BCUT2D eigenvalue weighted by molar-refractivity contribution is -0.386. The zero-order valence-electron chi connectivity index (χ0n) is 24.1. The average molecular weight is 600 g/mol. The van der Waals surface area contributed by atoms with Gasteiger partial charge in [-0.1, -0.05) is 18.2 Å². The predicted octanol–water partition coefficient (Wildman–Crippen LogP) is 2.92. The maximum Gasteiger partial charge on any atom is 0.334 e. The standard InChI is InChI=1S/C31H29N5O8/c1-43-24-10-7-20-26(27(24)44-2)31(40)35-22-6-4-3-5-19(22)29(38)33(28(20)35)12-11-25(37)32-14-17-13-18(16-32)21-8-9-23(36(41)42)30(39)34(21)15-17/h3-10,17-18,28H,11-16H2,1-2H3/t17-,18+,28-/m1/s1. The number of fused-ring (bicyclic) bond motifs is 9. The van der Waals surface area contributed by atoms with Crippen LogP contribution in [0.15, 0.2) is 53.3 Å². The van der Waals surface area contributed by atoms with Gasteiger partial charge in [-0.2, -0.15) is 0 Å². The van der Waals surface area contributed by atoms with Gasteiger partial charge in [-0.3, -0.25) is 34.2 Å². The third kappa shape index (κ3) is 3.98. The molecule has 3 aromatic rings. The molecule has 2 aromatic carbocycles. The highest BCUT2D eigenvalue weighted by Crippen LogP contribution is 2.49. The summed E-state index contributed by atoms with van der Waals surface area (Å²) in [7, 11) is 2.95. The molecule has 0 unspecified atom stereocenters. The summed E-state index contributed by atoms with van der Waals surface area (Å²) in [6.45, 7) is 1.16. The van der Waals surface area contributed by atoms with Crippen LogP contribution in [0.4, 0.5) is 11.4 Å². The van der Waals surface area contributed by atoms with Crippen LogP contribution >= 0.6 is 0 Å². The summed E-state index contributed by atoms with van der Waals surface area (Å²) in [5.74, 6) is -0.214. The molecule has 3 atom stereocenters. The van der Waals surface area contributed by atoms with E-state index in [9.17, 15) is 29.3 Å². The molecule has 1 fully saturated rings. The smallest absolute Gasteiger partial charge is 0.334 e. The molecule has 226 valence electrons. The van der Waals surface area contributed by atoms with Gasteiger partial charge in [0.1, 0.15) is 6.17 Å². The summed E-state index contributed by atoms with van der Waals surface area (Å²) in [5.41, 5.74) is 1.39. The zero-order valence-corrected chi connectivity index (χ0v) is 24.1. The summed E-state index contributed by atoms with van der Waals surface area (Å²) in [6.07, 6.45) is 0.0494. The summed E-state index contributed by atoms with van der Waals surface area (Å²) < 4.78 is 12.5. The van der Waals surface area contributed by atoms with Crippen molar-refractivity contribution in [1.29, 1.82) is 0 Å². The normalized spacial score (nSPS) is 21.3. The number of para-hydroxylation sites is 1. The zero-order chi connectivity index (χ0) is 30.9. The summed E-state index contributed by atoms with van der Waals surface area (Å²) in [4.78, 5) is 69.7. The Bertz CT molecular complexity index is 1820. The van der Waals surface area contributed by atoms with Gasteiger partial charge in [0.25, 0.3) is 11.8 Å². The molecule has 13 nitrogen and oxygen atoms in total. The lowest BCUT2D eigenvalue weighted by atomic mass is 9.83. The van der Waals surface area contributed by atoms with Crippen LogP contribution in [0.1, 0.15) is 56.9 Å². The minimum atomic E-state index is -0.761. The Labute approximate surface area is 251 Å². The number of likely N-dealkylation sites (tertiary alicyclic amines) is 1. The summed E-state index contributed by atoms with van der Waals surface area (Å²) in [5, 5.41) is 11.3. The fourth-order valence-electron chi connectivity index (χ4n) is 7.30. The molecule has 7 rings (SSSR count). The number of pyridine rings is 1. The Hall–Kier alpha value is -5.20. The first-order valence-corrected chi connectivity index (χ1v) is 14.4. The molecule has 0 spiro atoms. The summed E-state index contributed by atoms with van der Waals surface area (Å²) >= 11 is 0. The van der Waals surface area contributed by atoms with Crippen LogP contribution in [0.25, 0.3) is 0 Å². The van der Waals surface area contributed by atoms with Gasteiger partial charge in [-0.25, -0.2) is 0 Å². The van der Waals surface area contributed by atoms with E-state index in [1.54, 1.807) is 57.2 Å². The monoisotopic (exact) mass is 599 g/mol. The van der Waals surface area contributed by atoms with E-state index in [-0.39, 0.29) is 48.3 Å². The molecule has 0 saturated carbocycles. The molecule has 2 bridgehead atoms. The van der Waals surface area contributed by atoms with Gasteiger partial charge in [0.2, 0.25) is 5.91 Å². The highest BCUT2D eigenvalue weighted by atomic mass is 16.6. The fourth-order valence-corrected chi connectivity index (χ4v) is 7.30. The van der Waals surface area contributed by atoms with Gasteiger partial charge < -0.3 is 23.8 Å². The van der Waals surface area contributed by atoms with Crippen molar-refractivity contribution in [2.45, 2.75) is 31.5 Å². The predicted molar refractivity (Wildman–Crippen MR) is 156 cm³/mol. The van der Waals surface area contributed by atoms with Crippen molar-refractivity contribution in [3.8, 4) is 11.5 Å². The molecule has 44 heavy (non-hydrogen) atoms. The van der Waals surface area contributed by atoms with Crippen LogP contribution in [0, 0.1) is 16.0 Å². The maximum absolute atomic E-state index is 13.9. The van der Waals surface area contributed by atoms with Crippen LogP contribution in [-0.2, 0) is 11.3 Å². The van der Waals surface area contributed by atoms with Crippen LogP contribution < -0.4 is 19.9 Å². The number of amides is 3. The highest BCUT2D eigenvalue weighted by Gasteiger charge is 2.50. The number of carbonyl (C=O) groups excluding carboxylic acids is 3. The van der Waals surface area contributed by atoms with Gasteiger partial charge >= 0.3 is 11.2 Å². The molecule has 1 aromatic heterocycles. The molecular formula is C31H29N5O8. The maximum atomic E-state index is 13.9. The van der Waals surface area contributed by atoms with Crippen molar-refractivity contribution in [2.24, 2.45) is 5.92 Å². The molecule has 4 aliphatic heterocycles. The van der Waals surface area contributed by atoms with E-state index in [4.69, 9.17) is 9.47 Å². The van der Waals surface area contributed by atoms with E-state index in [0.29, 0.717) is 53.5 Å². The fraction of sp³-hybridized carbons (Fsp3) is 0.355. The first-order valence-electron chi connectivity index (χ1n) is 14.4. The van der Waals surface area contributed by atoms with Crippen molar-refractivity contribution in [2.75, 3.05) is 38.8 Å². The molecule has 0 radical (unpaired) electrons. The molecule has 4 aliphatic rings. The van der Waals surface area contributed by atoms with Gasteiger partial charge in [-0.15, -0.1) is 0 Å².